The standard InChI is InChI=1S/C15H24INO/c1-4-9-17-15(10-12(2)18-3)11-13-5-7-14(16)8-6-13/h5-8,12,15,17H,4,9-11H2,1-3H3. The zero-order valence-electron chi connectivity index (χ0n) is 11.6. The van der Waals surface area contributed by atoms with Crippen molar-refractivity contribution in [1.29, 1.82) is 0 Å². The van der Waals surface area contributed by atoms with E-state index in [1.54, 1.807) is 7.11 Å². The van der Waals surface area contributed by atoms with Crippen LogP contribution in [0.25, 0.3) is 0 Å². The molecule has 0 amide bonds. The summed E-state index contributed by atoms with van der Waals surface area (Å²) >= 11 is 2.34. The van der Waals surface area contributed by atoms with E-state index in [4.69, 9.17) is 4.74 Å². The summed E-state index contributed by atoms with van der Waals surface area (Å²) in [5.41, 5.74) is 1.40. The zero-order chi connectivity index (χ0) is 13.4. The smallest absolute Gasteiger partial charge is 0.0558 e. The van der Waals surface area contributed by atoms with Gasteiger partial charge in [-0.05, 0) is 73.0 Å². The van der Waals surface area contributed by atoms with Gasteiger partial charge in [-0.2, -0.15) is 0 Å². The van der Waals surface area contributed by atoms with E-state index < -0.39 is 0 Å². The third-order valence-electron chi connectivity index (χ3n) is 3.10. The van der Waals surface area contributed by atoms with Gasteiger partial charge in [-0.3, -0.25) is 0 Å². The molecule has 3 heteroatoms. The minimum absolute atomic E-state index is 0.309. The molecule has 0 saturated heterocycles. The van der Waals surface area contributed by atoms with Gasteiger partial charge in [-0.25, -0.2) is 0 Å². The molecule has 0 aromatic heterocycles. The van der Waals surface area contributed by atoms with Crippen LogP contribution < -0.4 is 5.32 Å². The van der Waals surface area contributed by atoms with Gasteiger partial charge in [0, 0.05) is 16.7 Å². The minimum atomic E-state index is 0.309. The van der Waals surface area contributed by atoms with Gasteiger partial charge in [0.2, 0.25) is 0 Å². The van der Waals surface area contributed by atoms with Crippen molar-refractivity contribution in [2.75, 3.05) is 13.7 Å². The predicted molar refractivity (Wildman–Crippen MR) is 86.0 cm³/mol. The van der Waals surface area contributed by atoms with Crippen molar-refractivity contribution < 1.29 is 4.74 Å². The van der Waals surface area contributed by atoms with Crippen LogP contribution in [0, 0.1) is 3.57 Å². The maximum absolute atomic E-state index is 5.38. The Morgan fingerprint density at radius 3 is 2.50 bits per heavy atom. The number of nitrogens with one attached hydrogen (secondary N) is 1. The number of ether oxygens (including phenoxy) is 1. The average Bonchev–Trinajstić information content (AvgIpc) is 2.38. The van der Waals surface area contributed by atoms with Crippen LogP contribution in [0.15, 0.2) is 24.3 Å². The first-order valence-electron chi connectivity index (χ1n) is 6.66. The van der Waals surface area contributed by atoms with E-state index >= 15 is 0 Å². The molecule has 0 radical (unpaired) electrons. The fourth-order valence-corrected chi connectivity index (χ4v) is 2.35. The number of methoxy groups -OCH3 is 1. The molecular formula is C15H24INO. The summed E-state index contributed by atoms with van der Waals surface area (Å²) in [4.78, 5) is 0. The third-order valence-corrected chi connectivity index (χ3v) is 3.82. The van der Waals surface area contributed by atoms with Crippen LogP contribution in [-0.2, 0) is 11.2 Å². The number of hydrogen-bond acceptors (Lipinski definition) is 2. The Balaban J connectivity index is 2.56. The molecule has 1 N–H and O–H groups in total. The molecule has 1 aromatic rings. The Labute approximate surface area is 125 Å². The van der Waals surface area contributed by atoms with E-state index in [1.807, 2.05) is 0 Å². The molecule has 18 heavy (non-hydrogen) atoms. The van der Waals surface area contributed by atoms with Gasteiger partial charge in [0.1, 0.15) is 0 Å². The maximum Gasteiger partial charge on any atom is 0.0558 e. The van der Waals surface area contributed by atoms with Crippen LogP contribution >= 0.6 is 22.6 Å². The molecule has 2 unspecified atom stereocenters. The average molecular weight is 361 g/mol. The van der Waals surface area contributed by atoms with Gasteiger partial charge >= 0.3 is 0 Å². The Kier molecular flexibility index (Phi) is 7.86. The largest absolute Gasteiger partial charge is 0.382 e. The van der Waals surface area contributed by atoms with Crippen LogP contribution in [0.4, 0.5) is 0 Å². The number of hydrogen-bond donors (Lipinski definition) is 1. The van der Waals surface area contributed by atoms with Gasteiger partial charge < -0.3 is 10.1 Å². The van der Waals surface area contributed by atoms with Crippen LogP contribution in [0.3, 0.4) is 0 Å². The van der Waals surface area contributed by atoms with Crippen molar-refractivity contribution in [1.82, 2.24) is 5.32 Å². The first-order valence-corrected chi connectivity index (χ1v) is 7.74. The van der Waals surface area contributed by atoms with E-state index in [0.29, 0.717) is 12.1 Å². The second kappa shape index (κ2) is 8.88. The van der Waals surface area contributed by atoms with Crippen molar-refractivity contribution >= 4 is 22.6 Å². The quantitative estimate of drug-likeness (QED) is 0.714. The second-order valence-electron chi connectivity index (χ2n) is 4.76. The molecule has 0 aliphatic carbocycles. The van der Waals surface area contributed by atoms with Gasteiger partial charge in [0.05, 0.1) is 6.10 Å². The van der Waals surface area contributed by atoms with Gasteiger partial charge in [-0.15, -0.1) is 0 Å². The summed E-state index contributed by atoms with van der Waals surface area (Å²) in [6.07, 6.45) is 3.61. The Bertz CT molecular complexity index is 326. The lowest BCUT2D eigenvalue weighted by molar-refractivity contribution is 0.100. The number of halogens is 1. The molecule has 1 aromatic carbocycles. The van der Waals surface area contributed by atoms with Crippen molar-refractivity contribution in [2.45, 2.75) is 45.3 Å². The molecule has 2 nitrogen and oxygen atoms in total. The fourth-order valence-electron chi connectivity index (χ4n) is 1.99. The van der Waals surface area contributed by atoms with Crippen molar-refractivity contribution in [2.24, 2.45) is 0 Å². The summed E-state index contributed by atoms with van der Waals surface area (Å²) < 4.78 is 6.67. The van der Waals surface area contributed by atoms with Crippen molar-refractivity contribution in [3.8, 4) is 0 Å². The second-order valence-corrected chi connectivity index (χ2v) is 6.01. The molecule has 0 aliphatic heterocycles. The lowest BCUT2D eigenvalue weighted by atomic mass is 10.0. The van der Waals surface area contributed by atoms with E-state index in [9.17, 15) is 0 Å². The Morgan fingerprint density at radius 1 is 1.28 bits per heavy atom. The summed E-state index contributed by atoms with van der Waals surface area (Å²) in [6.45, 7) is 5.41. The molecule has 1 rings (SSSR count). The number of rotatable bonds is 8. The minimum Gasteiger partial charge on any atom is -0.382 e. The molecule has 0 aliphatic rings. The summed E-state index contributed by atoms with van der Waals surface area (Å²) in [5.74, 6) is 0. The molecule has 0 fully saturated rings. The zero-order valence-corrected chi connectivity index (χ0v) is 13.7. The summed E-state index contributed by atoms with van der Waals surface area (Å²) in [5, 5.41) is 3.62. The summed E-state index contributed by atoms with van der Waals surface area (Å²) in [6, 6.07) is 9.29. The molecule has 0 saturated carbocycles. The highest BCUT2D eigenvalue weighted by Crippen LogP contribution is 2.12. The monoisotopic (exact) mass is 361 g/mol. The highest BCUT2D eigenvalue weighted by molar-refractivity contribution is 14.1. The van der Waals surface area contributed by atoms with Crippen molar-refractivity contribution in [3.05, 3.63) is 33.4 Å². The normalized spacial score (nSPS) is 14.4. The van der Waals surface area contributed by atoms with E-state index in [-0.39, 0.29) is 0 Å². The van der Waals surface area contributed by atoms with Crippen LogP contribution in [0.5, 0.6) is 0 Å². The van der Waals surface area contributed by atoms with Crippen LogP contribution in [0.2, 0.25) is 0 Å². The Hall–Kier alpha value is -0.130. The lowest BCUT2D eigenvalue weighted by Crippen LogP contribution is -2.35. The highest BCUT2D eigenvalue weighted by Gasteiger charge is 2.12. The van der Waals surface area contributed by atoms with Gasteiger partial charge in [0.25, 0.3) is 0 Å². The predicted octanol–water partition coefficient (Wildman–Crippen LogP) is 3.63. The fraction of sp³-hybridized carbons (Fsp3) is 0.600. The first kappa shape index (κ1) is 15.9. The maximum atomic E-state index is 5.38. The van der Waals surface area contributed by atoms with Gasteiger partial charge in [-0.1, -0.05) is 19.1 Å². The van der Waals surface area contributed by atoms with Gasteiger partial charge in [0.15, 0.2) is 0 Å². The Morgan fingerprint density at radius 2 is 1.94 bits per heavy atom. The first-order chi connectivity index (χ1) is 8.65. The molecule has 102 valence electrons. The molecule has 0 bridgehead atoms. The van der Waals surface area contributed by atoms with E-state index in [1.165, 1.54) is 15.6 Å². The molecule has 0 spiro atoms. The van der Waals surface area contributed by atoms with E-state index in [2.05, 4.69) is 66.0 Å². The lowest BCUT2D eigenvalue weighted by Gasteiger charge is -2.21. The molecule has 0 heterocycles. The van der Waals surface area contributed by atoms with Crippen LogP contribution in [0.1, 0.15) is 32.3 Å². The molecular weight excluding hydrogens is 337 g/mol. The van der Waals surface area contributed by atoms with Crippen molar-refractivity contribution in [3.63, 3.8) is 0 Å². The molecule has 2 atom stereocenters. The van der Waals surface area contributed by atoms with E-state index in [0.717, 1.165) is 19.4 Å². The third kappa shape index (κ3) is 6.16. The topological polar surface area (TPSA) is 21.3 Å². The van der Waals surface area contributed by atoms with Crippen LogP contribution in [-0.4, -0.2) is 25.8 Å². The number of benzene rings is 1. The highest BCUT2D eigenvalue weighted by atomic mass is 127. The SMILES string of the molecule is CCCNC(Cc1ccc(I)cc1)CC(C)OC. The summed E-state index contributed by atoms with van der Waals surface area (Å²) in [7, 11) is 1.78.